The number of anilines is 1. The zero-order valence-corrected chi connectivity index (χ0v) is 20.0. The van der Waals surface area contributed by atoms with E-state index in [1.165, 1.54) is 11.6 Å². The number of hydrogen-bond acceptors (Lipinski definition) is 2. The summed E-state index contributed by atoms with van der Waals surface area (Å²) in [5.41, 5.74) is 2.95. The van der Waals surface area contributed by atoms with Gasteiger partial charge in [-0.3, -0.25) is 0 Å². The van der Waals surface area contributed by atoms with Crippen LogP contribution in [-0.2, 0) is 22.4 Å². The molecule has 0 fully saturated rings. The number of aryl methyl sites for hydroxylation is 1. The topological polar surface area (TPSA) is 23.5 Å². The number of halogens is 3. The van der Waals surface area contributed by atoms with Gasteiger partial charge in [0.15, 0.2) is 0 Å². The molecule has 2 rings (SSSR count). The summed E-state index contributed by atoms with van der Waals surface area (Å²) in [5, 5.41) is 12.4. The molecule has 0 bridgehead atoms. The van der Waals surface area contributed by atoms with Crippen molar-refractivity contribution in [3.05, 3.63) is 47.3 Å². The van der Waals surface area contributed by atoms with Crippen LogP contribution in [-0.4, -0.2) is 19.2 Å². The van der Waals surface area contributed by atoms with Gasteiger partial charge in [0, 0.05) is 30.4 Å². The van der Waals surface area contributed by atoms with Crippen LogP contribution in [0.25, 0.3) is 0 Å². The van der Waals surface area contributed by atoms with Crippen LogP contribution in [0.3, 0.4) is 0 Å². The first kappa shape index (κ1) is 23.7. The molecule has 142 valence electrons. The Morgan fingerprint density at radius 1 is 1.08 bits per heavy atom. The molecule has 0 aliphatic heterocycles. The Morgan fingerprint density at radius 2 is 1.65 bits per heavy atom. The molecular formula is C19H25Cl2FNOPTi. The molecule has 0 amide bonds. The number of nitrogens with zero attached hydrogens (tertiary/aromatic N) is 1. The van der Waals surface area contributed by atoms with Crippen molar-refractivity contribution in [3.63, 3.8) is 0 Å². The number of aromatic hydroxyl groups is 1. The van der Waals surface area contributed by atoms with Crippen LogP contribution in [0.5, 0.6) is 5.75 Å². The number of benzene rings is 2. The summed E-state index contributed by atoms with van der Waals surface area (Å²) in [7, 11) is 13.9. The first-order valence-electron chi connectivity index (χ1n) is 8.05. The Morgan fingerprint density at radius 3 is 2.15 bits per heavy atom. The van der Waals surface area contributed by atoms with Crippen molar-refractivity contribution < 1.29 is 26.5 Å². The number of phenols is 1. The van der Waals surface area contributed by atoms with Crippen LogP contribution in [0.4, 0.5) is 10.1 Å². The predicted octanol–water partition coefficient (Wildman–Crippen LogP) is 5.21. The summed E-state index contributed by atoms with van der Waals surface area (Å²) in [5.74, 6) is 0.0939. The third-order valence-electron chi connectivity index (χ3n) is 3.88. The molecule has 2 aromatic carbocycles. The van der Waals surface area contributed by atoms with E-state index in [9.17, 15) is 9.50 Å². The van der Waals surface area contributed by atoms with Gasteiger partial charge < -0.3 is 10.0 Å². The second-order valence-corrected chi connectivity index (χ2v) is 11.1. The van der Waals surface area contributed by atoms with E-state index < -0.39 is 17.0 Å². The zero-order valence-electron chi connectivity index (χ0n) is 15.9. The molecular weight excluding hydrogens is 427 g/mol. The van der Waals surface area contributed by atoms with Crippen molar-refractivity contribution in [2.75, 3.05) is 19.0 Å². The van der Waals surface area contributed by atoms with Crippen molar-refractivity contribution in [2.45, 2.75) is 33.1 Å². The molecule has 2 nitrogen and oxygen atoms in total. The molecule has 0 heterocycles. The minimum atomic E-state index is -0.556. The monoisotopic (exact) mass is 451 g/mol. The molecule has 0 radical (unpaired) electrons. The van der Waals surface area contributed by atoms with Crippen LogP contribution in [0, 0.1) is 12.7 Å². The van der Waals surface area contributed by atoms with Gasteiger partial charge in [-0.15, -0.1) is 0 Å². The zero-order chi connectivity index (χ0) is 20.1. The van der Waals surface area contributed by atoms with Crippen LogP contribution in [0.15, 0.2) is 30.3 Å². The maximum absolute atomic E-state index is 13.5. The summed E-state index contributed by atoms with van der Waals surface area (Å²) >= 11 is -0.556. The molecule has 2 aromatic rings. The molecule has 26 heavy (non-hydrogen) atoms. The van der Waals surface area contributed by atoms with Crippen molar-refractivity contribution in [1.82, 2.24) is 0 Å². The molecule has 0 aromatic heterocycles. The van der Waals surface area contributed by atoms with E-state index in [2.05, 4.69) is 26.8 Å². The van der Waals surface area contributed by atoms with Crippen LogP contribution in [0.1, 0.15) is 31.9 Å². The maximum atomic E-state index is 13.5. The Labute approximate surface area is 174 Å². The Hall–Kier alpha value is -0.306. The fourth-order valence-electron chi connectivity index (χ4n) is 2.43. The van der Waals surface area contributed by atoms with Gasteiger partial charge in [0.05, 0.1) is 0 Å². The summed E-state index contributed by atoms with van der Waals surface area (Å²) in [6.07, 6.45) is 0. The average Bonchev–Trinajstić information content (AvgIpc) is 2.52. The Kier molecular flexibility index (Phi) is 9.40. The third-order valence-corrected chi connectivity index (χ3v) is 5.22. The average molecular weight is 452 g/mol. The molecule has 1 atom stereocenters. The fraction of sp³-hybridized carbons (Fsp3) is 0.368. The summed E-state index contributed by atoms with van der Waals surface area (Å²) < 4.78 is 13.5. The second kappa shape index (κ2) is 10.3. The fourth-order valence-corrected chi connectivity index (χ4v) is 3.86. The SMILES string of the molecule is Cc1cc(C(C)(C)C)cc(Pc2ccc(F)cc2N(C)C)c1O.[Cl][Ti][Cl]. The normalized spacial score (nSPS) is 11.3. The molecule has 0 saturated heterocycles. The van der Waals surface area contributed by atoms with E-state index >= 15 is 0 Å². The van der Waals surface area contributed by atoms with Crippen molar-refractivity contribution in [1.29, 1.82) is 0 Å². The molecule has 0 spiro atoms. The van der Waals surface area contributed by atoms with E-state index in [1.807, 2.05) is 38.1 Å². The van der Waals surface area contributed by atoms with Crippen molar-refractivity contribution >= 4 is 43.5 Å². The molecule has 0 aliphatic carbocycles. The minimum absolute atomic E-state index is 0.0187. The van der Waals surface area contributed by atoms with Crippen LogP contribution >= 0.6 is 27.2 Å². The first-order chi connectivity index (χ1) is 12.0. The van der Waals surface area contributed by atoms with Crippen molar-refractivity contribution in [3.8, 4) is 5.75 Å². The summed E-state index contributed by atoms with van der Waals surface area (Å²) in [4.78, 5) is 1.91. The van der Waals surface area contributed by atoms with E-state index in [0.717, 1.165) is 21.9 Å². The van der Waals surface area contributed by atoms with Crippen molar-refractivity contribution in [2.24, 2.45) is 0 Å². The van der Waals surface area contributed by atoms with Gasteiger partial charge in [0.2, 0.25) is 0 Å². The van der Waals surface area contributed by atoms with E-state index in [-0.39, 0.29) is 19.8 Å². The van der Waals surface area contributed by atoms with Gasteiger partial charge in [-0.1, -0.05) is 35.4 Å². The molecule has 1 unspecified atom stereocenters. The van der Waals surface area contributed by atoms with Crippen LogP contribution < -0.4 is 15.5 Å². The second-order valence-electron chi connectivity index (χ2n) is 7.19. The molecule has 7 heteroatoms. The van der Waals surface area contributed by atoms with Gasteiger partial charge in [-0.05, 0) is 47.7 Å². The molecule has 0 saturated carbocycles. The number of rotatable bonds is 3. The third kappa shape index (κ3) is 6.69. The number of hydrogen-bond donors (Lipinski definition) is 1. The summed E-state index contributed by atoms with van der Waals surface area (Å²) in [6.45, 7) is 8.41. The first-order valence-corrected chi connectivity index (χ1v) is 13.3. The van der Waals surface area contributed by atoms with Gasteiger partial charge in [-0.25, -0.2) is 4.39 Å². The Balaban J connectivity index is 0.00000105. The molecule has 0 aliphatic rings. The summed E-state index contributed by atoms with van der Waals surface area (Å²) in [6, 6.07) is 8.94. The van der Waals surface area contributed by atoms with E-state index in [1.54, 1.807) is 6.07 Å². The quantitative estimate of drug-likeness (QED) is 0.511. The van der Waals surface area contributed by atoms with Gasteiger partial charge in [0.1, 0.15) is 11.6 Å². The van der Waals surface area contributed by atoms with Gasteiger partial charge in [-0.2, -0.15) is 0 Å². The standard InChI is InChI=1S/C19H25FNOP.2ClH.Ti/c1-12-9-13(19(2,3)4)10-17(18(12)22)23-16-8-7-14(20)11-15(16)21(5)6;;;/h7-11,22-23H,1-6H3;2*1H;/q;;;+2/p-2. The van der Waals surface area contributed by atoms with E-state index in [4.69, 9.17) is 18.6 Å². The molecule has 1 N–H and O–H groups in total. The van der Waals surface area contributed by atoms with Gasteiger partial charge in [0.25, 0.3) is 0 Å². The Bertz CT molecular complexity index is 751. The van der Waals surface area contributed by atoms with Gasteiger partial charge >= 0.3 is 35.6 Å². The number of phenolic OH excluding ortho intramolecular Hbond substituents is 1. The predicted molar refractivity (Wildman–Crippen MR) is 112 cm³/mol. The van der Waals surface area contributed by atoms with E-state index in [0.29, 0.717) is 5.75 Å². The van der Waals surface area contributed by atoms with Crippen LogP contribution in [0.2, 0.25) is 0 Å².